The fourth-order valence-electron chi connectivity index (χ4n) is 1.41. The monoisotopic (exact) mass is 236 g/mol. The highest BCUT2D eigenvalue weighted by atomic mass is 14.8. The van der Waals surface area contributed by atoms with Crippen LogP contribution in [0.4, 0.5) is 0 Å². The highest BCUT2D eigenvalue weighted by Crippen LogP contribution is 2.11. The van der Waals surface area contributed by atoms with Crippen LogP contribution in [0.2, 0.25) is 0 Å². The highest BCUT2D eigenvalue weighted by Gasteiger charge is 2.03. The summed E-state index contributed by atoms with van der Waals surface area (Å²) in [5.41, 5.74) is 3.00. The fourth-order valence-corrected chi connectivity index (χ4v) is 1.41. The molecule has 1 aromatic carbocycles. The van der Waals surface area contributed by atoms with Crippen LogP contribution in [0, 0.1) is 23.7 Å². The molecule has 0 unspecified atom stereocenters. The zero-order chi connectivity index (χ0) is 13.4. The van der Waals surface area contributed by atoms with Crippen molar-refractivity contribution in [2.24, 2.45) is 0 Å². The predicted octanol–water partition coefficient (Wildman–Crippen LogP) is 3.40. The summed E-state index contributed by atoms with van der Waals surface area (Å²) >= 11 is 0. The summed E-state index contributed by atoms with van der Waals surface area (Å²) in [5, 5.41) is 0. The maximum absolute atomic E-state index is 4.44. The molecular weight excluding hydrogens is 220 g/mol. The molecule has 1 aromatic heterocycles. The lowest BCUT2D eigenvalue weighted by molar-refractivity contribution is 1.23. The lowest BCUT2D eigenvalue weighted by atomic mass is 10.2. The Hall–Kier alpha value is -2.32. The van der Waals surface area contributed by atoms with Crippen LogP contribution in [-0.4, -0.2) is 9.97 Å². The summed E-state index contributed by atoms with van der Waals surface area (Å²) < 4.78 is 0. The van der Waals surface area contributed by atoms with Gasteiger partial charge in [-0.25, -0.2) is 9.97 Å². The third-order valence-electron chi connectivity index (χ3n) is 2.06. The molecule has 90 valence electrons. The Morgan fingerprint density at radius 1 is 0.778 bits per heavy atom. The molecule has 0 aliphatic heterocycles. The summed E-state index contributed by atoms with van der Waals surface area (Å²) in [6, 6.07) is 7.72. The van der Waals surface area contributed by atoms with Crippen LogP contribution in [0.5, 0.6) is 0 Å². The topological polar surface area (TPSA) is 25.8 Å². The van der Waals surface area contributed by atoms with Gasteiger partial charge < -0.3 is 0 Å². The number of aromatic nitrogens is 2. The Bertz CT molecular complexity index is 591. The number of fused-ring (bicyclic) bond motifs is 1. The predicted molar refractivity (Wildman–Crippen MR) is 76.0 cm³/mol. The average molecular weight is 236 g/mol. The van der Waals surface area contributed by atoms with Gasteiger partial charge in [-0.3, -0.25) is 0 Å². The molecule has 2 nitrogen and oxygen atoms in total. The van der Waals surface area contributed by atoms with Gasteiger partial charge in [0, 0.05) is 0 Å². The van der Waals surface area contributed by atoms with Gasteiger partial charge in [0.2, 0.25) is 0 Å². The zero-order valence-electron chi connectivity index (χ0n) is 11.2. The van der Waals surface area contributed by atoms with Crippen LogP contribution in [0.15, 0.2) is 24.3 Å². The maximum Gasteiger partial charge on any atom is 0.148 e. The number of nitrogens with zero attached hydrogens (tertiary/aromatic N) is 2. The van der Waals surface area contributed by atoms with E-state index in [1.165, 1.54) is 0 Å². The average Bonchev–Trinajstić information content (AvgIpc) is 2.42. The van der Waals surface area contributed by atoms with Gasteiger partial charge in [0.05, 0.1) is 11.0 Å². The lowest BCUT2D eigenvalue weighted by Crippen LogP contribution is -1.95. The van der Waals surface area contributed by atoms with E-state index in [0.717, 1.165) is 11.0 Å². The van der Waals surface area contributed by atoms with E-state index in [1.807, 2.05) is 38.1 Å². The smallest absolute Gasteiger partial charge is 0.148 e. The Morgan fingerprint density at radius 2 is 1.17 bits per heavy atom. The molecule has 2 heteroatoms. The molecule has 0 bridgehead atoms. The van der Waals surface area contributed by atoms with Gasteiger partial charge in [-0.2, -0.15) is 0 Å². The highest BCUT2D eigenvalue weighted by molar-refractivity contribution is 5.75. The third-order valence-corrected chi connectivity index (χ3v) is 2.06. The molecule has 0 radical (unpaired) electrons. The summed E-state index contributed by atoms with van der Waals surface area (Å²) in [5.74, 6) is 11.5. The lowest BCUT2D eigenvalue weighted by Gasteiger charge is -1.99. The zero-order valence-corrected chi connectivity index (χ0v) is 11.2. The summed E-state index contributed by atoms with van der Waals surface area (Å²) in [7, 11) is 0. The van der Waals surface area contributed by atoms with Crippen molar-refractivity contribution in [3.8, 4) is 23.7 Å². The first-order valence-electron chi connectivity index (χ1n) is 5.97. The second kappa shape index (κ2) is 7.09. The molecule has 0 fully saturated rings. The van der Waals surface area contributed by atoms with Crippen LogP contribution in [-0.2, 0) is 0 Å². The van der Waals surface area contributed by atoms with Crippen molar-refractivity contribution >= 4 is 11.0 Å². The molecule has 0 saturated carbocycles. The van der Waals surface area contributed by atoms with Crippen molar-refractivity contribution in [3.05, 3.63) is 35.7 Å². The molecule has 0 amide bonds. The Balaban J connectivity index is 0.000000771. The normalized spacial score (nSPS) is 8.22. The van der Waals surface area contributed by atoms with E-state index in [-0.39, 0.29) is 0 Å². The second-order valence-corrected chi connectivity index (χ2v) is 3.16. The molecule has 2 aromatic rings. The number of rotatable bonds is 0. The maximum atomic E-state index is 4.44. The van der Waals surface area contributed by atoms with Crippen molar-refractivity contribution in [2.75, 3.05) is 0 Å². The minimum absolute atomic E-state index is 0.649. The third kappa shape index (κ3) is 3.09. The summed E-state index contributed by atoms with van der Waals surface area (Å²) in [6.07, 6.45) is 0. The van der Waals surface area contributed by atoms with Gasteiger partial charge in [-0.15, -0.1) is 0 Å². The molecule has 1 heterocycles. The van der Waals surface area contributed by atoms with Crippen LogP contribution < -0.4 is 0 Å². The van der Waals surface area contributed by atoms with Crippen LogP contribution in [0.1, 0.15) is 39.1 Å². The molecule has 0 spiro atoms. The first-order valence-corrected chi connectivity index (χ1v) is 5.97. The van der Waals surface area contributed by atoms with Gasteiger partial charge >= 0.3 is 0 Å². The molecule has 2 rings (SSSR count). The standard InChI is InChI=1S/C14H10N2.C2H6/c1-3-7-11-12(8-4-2)16-14-10-6-5-9-13(14)15-11;1-2/h5-6,9-10H,1-2H3;1-2H3. The molecule has 0 aliphatic rings. The molecule has 0 saturated heterocycles. The molecule has 0 atom stereocenters. The fraction of sp³-hybridized carbons (Fsp3) is 0.250. The minimum atomic E-state index is 0.649. The van der Waals surface area contributed by atoms with E-state index < -0.39 is 0 Å². The van der Waals surface area contributed by atoms with E-state index >= 15 is 0 Å². The number of hydrogen-bond donors (Lipinski definition) is 0. The first kappa shape index (κ1) is 13.7. The summed E-state index contributed by atoms with van der Waals surface area (Å²) in [4.78, 5) is 8.89. The molecule has 0 aliphatic carbocycles. The molecular formula is C16H16N2. The van der Waals surface area contributed by atoms with E-state index in [2.05, 4.69) is 33.6 Å². The van der Waals surface area contributed by atoms with Gasteiger partial charge in [0.1, 0.15) is 11.4 Å². The van der Waals surface area contributed by atoms with E-state index in [4.69, 9.17) is 0 Å². The summed E-state index contributed by atoms with van der Waals surface area (Å²) in [6.45, 7) is 7.56. The number of hydrogen-bond acceptors (Lipinski definition) is 2. The number of para-hydroxylation sites is 2. The van der Waals surface area contributed by atoms with Gasteiger partial charge in [0.15, 0.2) is 0 Å². The van der Waals surface area contributed by atoms with Crippen LogP contribution in [0.3, 0.4) is 0 Å². The minimum Gasteiger partial charge on any atom is -0.235 e. The Morgan fingerprint density at radius 3 is 1.50 bits per heavy atom. The van der Waals surface area contributed by atoms with Crippen molar-refractivity contribution in [3.63, 3.8) is 0 Å². The van der Waals surface area contributed by atoms with Crippen molar-refractivity contribution in [1.29, 1.82) is 0 Å². The van der Waals surface area contributed by atoms with Crippen LogP contribution >= 0.6 is 0 Å². The largest absolute Gasteiger partial charge is 0.235 e. The van der Waals surface area contributed by atoms with Gasteiger partial charge in [-0.05, 0) is 37.8 Å². The Kier molecular flexibility index (Phi) is 5.42. The van der Waals surface area contributed by atoms with E-state index in [0.29, 0.717) is 11.4 Å². The van der Waals surface area contributed by atoms with Crippen molar-refractivity contribution in [1.82, 2.24) is 9.97 Å². The first-order chi connectivity index (χ1) is 8.85. The van der Waals surface area contributed by atoms with Crippen LogP contribution in [0.25, 0.3) is 11.0 Å². The quantitative estimate of drug-likeness (QED) is 0.655. The van der Waals surface area contributed by atoms with E-state index in [9.17, 15) is 0 Å². The Labute approximate surface area is 108 Å². The SMILES string of the molecule is CC.CC#Cc1nc2ccccc2nc1C#CC. The second-order valence-electron chi connectivity index (χ2n) is 3.16. The number of benzene rings is 1. The van der Waals surface area contributed by atoms with Crippen molar-refractivity contribution in [2.45, 2.75) is 27.7 Å². The van der Waals surface area contributed by atoms with Gasteiger partial charge in [-0.1, -0.05) is 37.8 Å². The van der Waals surface area contributed by atoms with Crippen molar-refractivity contribution < 1.29 is 0 Å². The molecule has 18 heavy (non-hydrogen) atoms. The molecule has 0 N–H and O–H groups in total. The van der Waals surface area contributed by atoms with Gasteiger partial charge in [0.25, 0.3) is 0 Å². The van der Waals surface area contributed by atoms with E-state index in [1.54, 1.807) is 13.8 Å².